The normalized spacial score (nSPS) is 54.8. The molecule has 0 bridgehead atoms. The maximum Gasteiger partial charge on any atom is 0.325 e. The molecule has 36 heavy (non-hydrogen) atoms. The Morgan fingerprint density at radius 1 is 1.03 bits per heavy atom. The number of hydrogen-bond acceptors (Lipinski definition) is 6. The van der Waals surface area contributed by atoms with E-state index in [0.717, 1.165) is 50.0 Å². The van der Waals surface area contributed by atoms with Crippen LogP contribution in [0.2, 0.25) is 0 Å². The molecule has 0 unspecified atom stereocenters. The minimum Gasteiger partial charge on any atom is -0.461 e. The zero-order valence-electron chi connectivity index (χ0n) is 22.9. The van der Waals surface area contributed by atoms with Crippen LogP contribution in [0, 0.1) is 52.3 Å². The number of carbonyl (C=O) groups is 1. The third kappa shape index (κ3) is 3.67. The number of hydrogen-bond donors (Lipinski definition) is 2. The number of fused-ring (bicyclic) bond motifs is 7. The quantitative estimate of drug-likeness (QED) is 0.544. The first kappa shape index (κ1) is 25.6. The second-order valence-corrected chi connectivity index (χ2v) is 14.3. The molecule has 0 aromatic carbocycles. The van der Waals surface area contributed by atoms with Crippen molar-refractivity contribution in [2.24, 2.45) is 58.0 Å². The molecule has 2 aliphatic heterocycles. The molecule has 6 heteroatoms. The molecule has 6 rings (SSSR count). The largest absolute Gasteiger partial charge is 0.461 e. The number of aliphatic hydroxyl groups excluding tert-OH is 1. The van der Waals surface area contributed by atoms with Crippen molar-refractivity contribution in [3.63, 3.8) is 0 Å². The van der Waals surface area contributed by atoms with E-state index in [2.05, 4.69) is 27.7 Å². The van der Waals surface area contributed by atoms with Gasteiger partial charge in [-0.15, -0.1) is 0 Å². The summed E-state index contributed by atoms with van der Waals surface area (Å²) in [7, 11) is 0. The average Bonchev–Trinajstić information content (AvgIpc) is 3.30. The van der Waals surface area contributed by atoms with E-state index in [1.807, 2.05) is 0 Å². The zero-order valence-corrected chi connectivity index (χ0v) is 22.9. The molecule has 1 spiro atoms. The van der Waals surface area contributed by atoms with Crippen LogP contribution in [0.5, 0.6) is 0 Å². The van der Waals surface area contributed by atoms with E-state index >= 15 is 0 Å². The molecule has 0 radical (unpaired) electrons. The van der Waals surface area contributed by atoms with Crippen molar-refractivity contribution in [1.82, 2.24) is 0 Å². The van der Waals surface area contributed by atoms with Crippen LogP contribution < -0.4 is 5.73 Å². The third-order valence-corrected chi connectivity index (χ3v) is 12.7. The lowest BCUT2D eigenvalue weighted by Gasteiger charge is -2.61. The van der Waals surface area contributed by atoms with Gasteiger partial charge in [0, 0.05) is 12.3 Å². The Hall–Kier alpha value is -0.690. The monoisotopic (exact) mass is 503 g/mol. The number of esters is 1. The summed E-state index contributed by atoms with van der Waals surface area (Å²) in [5.74, 6) is 3.88. The topological polar surface area (TPSA) is 91.0 Å². The van der Waals surface area contributed by atoms with Gasteiger partial charge in [-0.3, -0.25) is 4.79 Å². The fourth-order valence-corrected chi connectivity index (χ4v) is 10.7. The number of nitrogens with two attached hydrogens (primary N) is 1. The van der Waals surface area contributed by atoms with E-state index in [-0.39, 0.29) is 18.5 Å². The predicted molar refractivity (Wildman–Crippen MR) is 137 cm³/mol. The van der Waals surface area contributed by atoms with Crippen LogP contribution in [0.25, 0.3) is 0 Å². The summed E-state index contributed by atoms with van der Waals surface area (Å²) < 4.78 is 19.1. The summed E-state index contributed by atoms with van der Waals surface area (Å²) in [6, 6.07) is -0.918. The summed E-state index contributed by atoms with van der Waals surface area (Å²) in [6.07, 6.45) is 12.0. The van der Waals surface area contributed by atoms with E-state index in [1.54, 1.807) is 0 Å². The Kier molecular flexibility index (Phi) is 6.34. The Labute approximate surface area is 217 Å². The van der Waals surface area contributed by atoms with Gasteiger partial charge in [-0.1, -0.05) is 27.7 Å². The van der Waals surface area contributed by atoms with Gasteiger partial charge in [0.2, 0.25) is 0 Å². The van der Waals surface area contributed by atoms with Crippen LogP contribution in [0.1, 0.15) is 91.9 Å². The van der Waals surface area contributed by atoms with Crippen molar-refractivity contribution in [3.8, 4) is 0 Å². The molecule has 0 amide bonds. The lowest BCUT2D eigenvalue weighted by atomic mass is 9.44. The molecule has 2 saturated heterocycles. The maximum absolute atomic E-state index is 12.2. The molecule has 6 nitrogen and oxygen atoms in total. The Bertz CT molecular complexity index is 856. The third-order valence-electron chi connectivity index (χ3n) is 12.7. The van der Waals surface area contributed by atoms with E-state index in [1.165, 1.54) is 38.5 Å². The molecule has 204 valence electrons. The first-order valence-corrected chi connectivity index (χ1v) is 15.0. The summed E-state index contributed by atoms with van der Waals surface area (Å²) in [5.41, 5.74) is 6.39. The first-order valence-electron chi connectivity index (χ1n) is 15.0. The van der Waals surface area contributed by atoms with Gasteiger partial charge < -0.3 is 25.1 Å². The van der Waals surface area contributed by atoms with Crippen molar-refractivity contribution in [3.05, 3.63) is 0 Å². The highest BCUT2D eigenvalue weighted by molar-refractivity contribution is 5.75. The molecular weight excluding hydrogens is 454 g/mol. The highest BCUT2D eigenvalue weighted by atomic mass is 16.7. The van der Waals surface area contributed by atoms with Crippen LogP contribution >= 0.6 is 0 Å². The predicted octanol–water partition coefficient (Wildman–Crippen LogP) is 4.66. The SMILES string of the molecule is C[C@@H]1CC[C@@]2(OC1)O[C@H]1C[C@H]3[C@@H]4CC[C@H]5C[C@@H](OC(=O)[C@@H](N)CO)CC[C@]5(C)[C@H]4CC[C@]3(C)[C@H]1[C@@H]2C. The van der Waals surface area contributed by atoms with Crippen LogP contribution in [0.15, 0.2) is 0 Å². The molecular formula is C30H49NO5. The van der Waals surface area contributed by atoms with Gasteiger partial charge in [0.25, 0.3) is 0 Å². The van der Waals surface area contributed by atoms with Gasteiger partial charge in [-0.25, -0.2) is 0 Å². The maximum atomic E-state index is 12.2. The van der Waals surface area contributed by atoms with E-state index in [4.69, 9.17) is 19.9 Å². The van der Waals surface area contributed by atoms with Gasteiger partial charge in [0.15, 0.2) is 5.79 Å². The summed E-state index contributed by atoms with van der Waals surface area (Å²) in [5, 5.41) is 9.20. The van der Waals surface area contributed by atoms with Gasteiger partial charge >= 0.3 is 5.97 Å². The molecule has 6 aliphatic rings. The van der Waals surface area contributed by atoms with Crippen LogP contribution in [0.4, 0.5) is 0 Å². The fraction of sp³-hybridized carbons (Fsp3) is 0.967. The highest BCUT2D eigenvalue weighted by Crippen LogP contribution is 2.71. The number of rotatable bonds is 3. The molecule has 2 heterocycles. The lowest BCUT2D eigenvalue weighted by molar-refractivity contribution is -0.273. The summed E-state index contributed by atoms with van der Waals surface area (Å²) in [6.45, 7) is 10.4. The van der Waals surface area contributed by atoms with Gasteiger partial charge in [0.05, 0.1) is 19.3 Å². The van der Waals surface area contributed by atoms with Crippen LogP contribution in [-0.4, -0.2) is 48.3 Å². The van der Waals surface area contributed by atoms with Crippen molar-refractivity contribution in [2.45, 2.75) is 116 Å². The van der Waals surface area contributed by atoms with E-state index in [0.29, 0.717) is 40.6 Å². The molecule has 3 N–H and O–H groups in total. The first-order chi connectivity index (χ1) is 17.1. The molecule has 4 aliphatic carbocycles. The number of aliphatic hydroxyl groups is 1. The molecule has 0 aromatic heterocycles. The van der Waals surface area contributed by atoms with Gasteiger partial charge in [-0.05, 0) is 104 Å². The van der Waals surface area contributed by atoms with E-state index in [9.17, 15) is 9.90 Å². The Morgan fingerprint density at radius 2 is 1.81 bits per heavy atom. The summed E-state index contributed by atoms with van der Waals surface area (Å²) in [4.78, 5) is 12.2. The van der Waals surface area contributed by atoms with Crippen molar-refractivity contribution in [2.75, 3.05) is 13.2 Å². The van der Waals surface area contributed by atoms with Crippen LogP contribution in [0.3, 0.4) is 0 Å². The van der Waals surface area contributed by atoms with E-state index < -0.39 is 12.0 Å². The van der Waals surface area contributed by atoms with Crippen molar-refractivity contribution in [1.29, 1.82) is 0 Å². The molecule has 13 atom stereocenters. The summed E-state index contributed by atoms with van der Waals surface area (Å²) >= 11 is 0. The molecule has 0 aromatic rings. The second kappa shape index (κ2) is 8.93. The zero-order chi connectivity index (χ0) is 25.5. The average molecular weight is 504 g/mol. The fourth-order valence-electron chi connectivity index (χ4n) is 10.7. The molecule has 4 saturated carbocycles. The van der Waals surface area contributed by atoms with Crippen molar-refractivity contribution >= 4 is 5.97 Å². The minimum atomic E-state index is -0.918. The van der Waals surface area contributed by atoms with Gasteiger partial charge in [0.1, 0.15) is 12.1 Å². The second-order valence-electron chi connectivity index (χ2n) is 14.3. The smallest absolute Gasteiger partial charge is 0.325 e. The number of ether oxygens (including phenoxy) is 3. The van der Waals surface area contributed by atoms with Crippen LogP contribution in [-0.2, 0) is 19.0 Å². The number of carbonyl (C=O) groups excluding carboxylic acids is 1. The van der Waals surface area contributed by atoms with Gasteiger partial charge in [-0.2, -0.15) is 0 Å². The highest BCUT2D eigenvalue weighted by Gasteiger charge is 2.69. The Balaban J connectivity index is 1.16. The molecule has 6 fully saturated rings. The lowest BCUT2D eigenvalue weighted by Crippen LogP contribution is -2.55. The minimum absolute atomic E-state index is 0.0481. The standard InChI is InChI=1S/C30H49NO5/c1-17-7-12-30(34-16-17)18(2)26-25(36-30)14-23-21-6-5-19-13-20(35-27(33)24(31)15-32)8-10-28(19,3)22(21)9-11-29(23,26)4/h17-26,32H,5-16,31H2,1-4H3/t17-,18+,19+,20+,21-,22+,23+,24+,25+,26+,28+,29+,30-/m1/s1. The van der Waals surface area contributed by atoms with Crippen molar-refractivity contribution < 1.29 is 24.1 Å². The Morgan fingerprint density at radius 3 is 2.53 bits per heavy atom.